The SMILES string of the molecule is CC(C)c1cccc(C(C)C)c1N1C(=O)C(C)(C)CC(C)(C)C1=[Se]. The Kier molecular flexibility index (Phi) is 5.19. The molecule has 1 aromatic rings. The number of amides is 1. The number of nitrogens with zero attached hydrogens (tertiary/aromatic N) is 1. The molecule has 24 heavy (non-hydrogen) atoms. The van der Waals surface area contributed by atoms with Crippen molar-refractivity contribution >= 4 is 31.7 Å². The van der Waals surface area contributed by atoms with Crippen LogP contribution in [0.25, 0.3) is 0 Å². The van der Waals surface area contributed by atoms with E-state index in [9.17, 15) is 4.79 Å². The Morgan fingerprint density at radius 1 is 0.958 bits per heavy atom. The van der Waals surface area contributed by atoms with Crippen molar-refractivity contribution in [1.82, 2.24) is 0 Å². The number of para-hydroxylation sites is 1. The predicted molar refractivity (Wildman–Crippen MR) is 105 cm³/mol. The maximum absolute atomic E-state index is 13.4. The maximum atomic E-state index is 13.4. The molecule has 0 N–H and O–H groups in total. The van der Waals surface area contributed by atoms with Crippen LogP contribution in [0.4, 0.5) is 5.69 Å². The molecule has 0 radical (unpaired) electrons. The summed E-state index contributed by atoms with van der Waals surface area (Å²) in [7, 11) is 0. The van der Waals surface area contributed by atoms with Crippen LogP contribution < -0.4 is 4.90 Å². The van der Waals surface area contributed by atoms with Crippen molar-refractivity contribution in [3.05, 3.63) is 29.3 Å². The van der Waals surface area contributed by atoms with Crippen molar-refractivity contribution in [2.45, 2.75) is 73.6 Å². The van der Waals surface area contributed by atoms with Gasteiger partial charge in [0.2, 0.25) is 0 Å². The van der Waals surface area contributed by atoms with E-state index < -0.39 is 0 Å². The fourth-order valence-electron chi connectivity index (χ4n) is 3.93. The Balaban J connectivity index is 2.77. The van der Waals surface area contributed by atoms with Crippen molar-refractivity contribution in [3.8, 4) is 0 Å². The van der Waals surface area contributed by atoms with Crippen LogP contribution in [0.1, 0.15) is 84.8 Å². The van der Waals surface area contributed by atoms with E-state index in [0.717, 1.165) is 16.6 Å². The molecule has 0 saturated carbocycles. The number of carbonyl (C=O) groups is 1. The molecule has 1 aliphatic rings. The fraction of sp³-hybridized carbons (Fsp3) is 0.619. The first-order valence-electron chi connectivity index (χ1n) is 8.92. The first-order chi connectivity index (χ1) is 10.9. The van der Waals surface area contributed by atoms with Gasteiger partial charge in [0.1, 0.15) is 0 Å². The molecule has 1 aliphatic heterocycles. The van der Waals surface area contributed by atoms with Gasteiger partial charge in [0, 0.05) is 0 Å². The number of hydrogen-bond donors (Lipinski definition) is 0. The number of anilines is 1. The summed E-state index contributed by atoms with van der Waals surface area (Å²) in [5, 5.41) is 0. The van der Waals surface area contributed by atoms with E-state index in [0.29, 0.717) is 11.8 Å². The molecule has 1 fully saturated rings. The summed E-state index contributed by atoms with van der Waals surface area (Å²) < 4.78 is 1.04. The monoisotopic (exact) mass is 393 g/mol. The number of hydrogen-bond acceptors (Lipinski definition) is 1. The predicted octanol–water partition coefficient (Wildman–Crippen LogP) is 5.02. The van der Waals surface area contributed by atoms with E-state index in [1.165, 1.54) is 11.1 Å². The molecule has 2 nitrogen and oxygen atoms in total. The second-order valence-electron chi connectivity index (χ2n) is 8.98. The van der Waals surface area contributed by atoms with Crippen LogP contribution in [-0.2, 0) is 4.79 Å². The zero-order valence-corrected chi connectivity index (χ0v) is 18.1. The van der Waals surface area contributed by atoms with Gasteiger partial charge < -0.3 is 0 Å². The molecule has 0 spiro atoms. The van der Waals surface area contributed by atoms with E-state index in [1.54, 1.807) is 0 Å². The molecule has 0 atom stereocenters. The van der Waals surface area contributed by atoms with Gasteiger partial charge in [-0.1, -0.05) is 0 Å². The number of piperidine rings is 1. The molecular formula is C21H31NOSe. The van der Waals surface area contributed by atoms with Crippen LogP contribution in [0.3, 0.4) is 0 Å². The molecule has 132 valence electrons. The quantitative estimate of drug-likeness (QED) is 0.662. The van der Waals surface area contributed by atoms with E-state index in [1.807, 2.05) is 4.90 Å². The third kappa shape index (κ3) is 3.26. The summed E-state index contributed by atoms with van der Waals surface area (Å²) in [6.45, 7) is 17.4. The Morgan fingerprint density at radius 2 is 1.42 bits per heavy atom. The minimum absolute atomic E-state index is 0.0459. The first kappa shape index (κ1) is 19.4. The Bertz CT molecular complexity index is 618. The topological polar surface area (TPSA) is 20.3 Å². The third-order valence-corrected chi connectivity index (χ3v) is 6.56. The van der Waals surface area contributed by atoms with E-state index >= 15 is 0 Å². The Hall–Kier alpha value is -0.921. The summed E-state index contributed by atoms with van der Waals surface area (Å²) in [4.78, 5) is 15.4. The van der Waals surface area contributed by atoms with Gasteiger partial charge in [0.25, 0.3) is 0 Å². The second kappa shape index (κ2) is 6.42. The van der Waals surface area contributed by atoms with E-state index in [4.69, 9.17) is 0 Å². The van der Waals surface area contributed by atoms with E-state index in [-0.39, 0.29) is 16.7 Å². The molecule has 0 unspecified atom stereocenters. The van der Waals surface area contributed by atoms with Gasteiger partial charge in [-0.05, 0) is 0 Å². The summed E-state index contributed by atoms with van der Waals surface area (Å²) in [5.74, 6) is 0.936. The molecule has 2 rings (SSSR count). The average Bonchev–Trinajstić information content (AvgIpc) is 2.44. The van der Waals surface area contributed by atoms with Crippen molar-refractivity contribution in [3.63, 3.8) is 0 Å². The zero-order chi connectivity index (χ0) is 18.4. The molecule has 1 aromatic carbocycles. The van der Waals surface area contributed by atoms with Crippen molar-refractivity contribution in [1.29, 1.82) is 0 Å². The van der Waals surface area contributed by atoms with Crippen LogP contribution in [0.5, 0.6) is 0 Å². The first-order valence-corrected chi connectivity index (χ1v) is 9.77. The van der Waals surface area contributed by atoms with Crippen LogP contribution in [0.15, 0.2) is 18.2 Å². The van der Waals surface area contributed by atoms with Gasteiger partial charge in [-0.3, -0.25) is 0 Å². The van der Waals surface area contributed by atoms with Gasteiger partial charge in [-0.15, -0.1) is 0 Å². The molecular weight excluding hydrogens is 361 g/mol. The second-order valence-corrected chi connectivity index (χ2v) is 9.80. The summed E-state index contributed by atoms with van der Waals surface area (Å²) in [5.41, 5.74) is 3.18. The molecule has 1 saturated heterocycles. The summed E-state index contributed by atoms with van der Waals surface area (Å²) in [6, 6.07) is 6.46. The average molecular weight is 392 g/mol. The van der Waals surface area contributed by atoms with Crippen LogP contribution in [-0.4, -0.2) is 26.0 Å². The van der Waals surface area contributed by atoms with Gasteiger partial charge in [-0.25, -0.2) is 0 Å². The van der Waals surface area contributed by atoms with Gasteiger partial charge in [0.15, 0.2) is 0 Å². The van der Waals surface area contributed by atoms with Crippen molar-refractivity contribution < 1.29 is 4.79 Å². The summed E-state index contributed by atoms with van der Waals surface area (Å²) >= 11 is 3.24. The standard InChI is InChI=1S/C21H31NOSe/c1-13(2)15-10-9-11-16(14(3)4)17(15)22-18(23)20(5,6)12-21(7,8)19(22)24/h9-11,13-14H,12H2,1-8H3. The molecule has 3 heteroatoms. The number of benzene rings is 1. The van der Waals surface area contributed by atoms with Gasteiger partial charge >= 0.3 is 155 Å². The van der Waals surface area contributed by atoms with Crippen LogP contribution in [0.2, 0.25) is 0 Å². The number of rotatable bonds is 3. The number of carbonyl (C=O) groups excluding carboxylic acids is 1. The van der Waals surface area contributed by atoms with Crippen LogP contribution in [0, 0.1) is 10.8 Å². The molecule has 0 aromatic heterocycles. The molecule has 1 heterocycles. The Labute approximate surface area is 155 Å². The zero-order valence-electron chi connectivity index (χ0n) is 16.4. The van der Waals surface area contributed by atoms with Crippen molar-refractivity contribution in [2.75, 3.05) is 4.90 Å². The molecule has 0 aliphatic carbocycles. The van der Waals surface area contributed by atoms with Gasteiger partial charge in [0.05, 0.1) is 0 Å². The molecule has 0 bridgehead atoms. The van der Waals surface area contributed by atoms with Crippen LogP contribution >= 0.6 is 0 Å². The fourth-order valence-corrected chi connectivity index (χ4v) is 4.44. The summed E-state index contributed by atoms with van der Waals surface area (Å²) in [6.07, 6.45) is 0.860. The van der Waals surface area contributed by atoms with Gasteiger partial charge in [-0.2, -0.15) is 0 Å². The minimum atomic E-state index is -0.366. The van der Waals surface area contributed by atoms with Crippen molar-refractivity contribution in [2.24, 2.45) is 10.8 Å². The normalized spacial score (nSPS) is 20.2. The van der Waals surface area contributed by atoms with E-state index in [2.05, 4.69) is 89.2 Å². The Morgan fingerprint density at radius 3 is 1.83 bits per heavy atom. The molecule has 1 amide bonds. The third-order valence-electron chi connectivity index (χ3n) is 5.01.